The fourth-order valence-electron chi connectivity index (χ4n) is 2.12. The van der Waals surface area contributed by atoms with Crippen LogP contribution in [-0.4, -0.2) is 19.6 Å². The van der Waals surface area contributed by atoms with Crippen molar-refractivity contribution in [2.24, 2.45) is 0 Å². The molecule has 0 aliphatic heterocycles. The molecule has 4 heteroatoms. The lowest BCUT2D eigenvalue weighted by molar-refractivity contribution is 0.962. The van der Waals surface area contributed by atoms with Gasteiger partial charge in [-0.05, 0) is 20.8 Å². The molecular formula is C14H14N4. The monoisotopic (exact) mass is 238 g/mol. The number of fused-ring (bicyclic) bond motifs is 1. The Hall–Kier alpha value is -2.23. The molecule has 0 saturated heterocycles. The van der Waals surface area contributed by atoms with Crippen molar-refractivity contribution in [3.8, 4) is 11.4 Å². The van der Waals surface area contributed by atoms with E-state index in [1.54, 1.807) is 0 Å². The van der Waals surface area contributed by atoms with Crippen LogP contribution in [0.3, 0.4) is 0 Å². The summed E-state index contributed by atoms with van der Waals surface area (Å²) < 4.78 is 1.98. The van der Waals surface area contributed by atoms with Crippen LogP contribution in [0.25, 0.3) is 17.0 Å². The first-order valence-corrected chi connectivity index (χ1v) is 5.91. The Morgan fingerprint density at radius 2 is 1.67 bits per heavy atom. The largest absolute Gasteiger partial charge is 0.263 e. The topological polar surface area (TPSA) is 43.1 Å². The number of aromatic nitrogens is 4. The second-order valence-corrected chi connectivity index (χ2v) is 4.53. The Kier molecular flexibility index (Phi) is 2.37. The normalized spacial score (nSPS) is 11.1. The molecule has 0 aliphatic rings. The van der Waals surface area contributed by atoms with Crippen molar-refractivity contribution in [2.75, 3.05) is 0 Å². The second kappa shape index (κ2) is 3.91. The summed E-state index contributed by atoms with van der Waals surface area (Å²) in [7, 11) is 0. The van der Waals surface area contributed by atoms with Gasteiger partial charge in [-0.25, -0.2) is 4.98 Å². The Balaban J connectivity index is 2.27. The van der Waals surface area contributed by atoms with Crippen LogP contribution in [0.4, 0.5) is 0 Å². The van der Waals surface area contributed by atoms with Gasteiger partial charge in [0.25, 0.3) is 0 Å². The predicted molar refractivity (Wildman–Crippen MR) is 70.4 cm³/mol. The van der Waals surface area contributed by atoms with Crippen LogP contribution in [0, 0.1) is 20.8 Å². The maximum atomic E-state index is 4.46. The molecule has 0 N–H and O–H groups in total. The highest BCUT2D eigenvalue weighted by Crippen LogP contribution is 2.20. The van der Waals surface area contributed by atoms with Gasteiger partial charge in [0.1, 0.15) is 5.82 Å². The SMILES string of the molecule is Cc1ccc(-c2nnc3cc(C)nc(C)n23)cc1. The highest BCUT2D eigenvalue weighted by Gasteiger charge is 2.10. The standard InChI is InChI=1S/C14H14N4/c1-9-4-6-12(7-5-9)14-17-16-13-8-10(2)15-11(3)18(13)14/h4-8H,1-3H3. The van der Waals surface area contributed by atoms with E-state index in [1.165, 1.54) is 5.56 Å². The van der Waals surface area contributed by atoms with E-state index in [0.717, 1.165) is 28.6 Å². The zero-order valence-electron chi connectivity index (χ0n) is 10.7. The fourth-order valence-corrected chi connectivity index (χ4v) is 2.12. The highest BCUT2D eigenvalue weighted by atomic mass is 15.3. The van der Waals surface area contributed by atoms with Crippen LogP contribution in [0.1, 0.15) is 17.1 Å². The third-order valence-electron chi connectivity index (χ3n) is 3.00. The minimum atomic E-state index is 0.843. The lowest BCUT2D eigenvalue weighted by Crippen LogP contribution is -1.99. The lowest BCUT2D eigenvalue weighted by Gasteiger charge is -2.04. The average molecular weight is 238 g/mol. The molecule has 0 spiro atoms. The first kappa shape index (κ1) is 10.9. The Labute approximate surface area is 105 Å². The number of aryl methyl sites for hydroxylation is 3. The van der Waals surface area contributed by atoms with E-state index >= 15 is 0 Å². The molecule has 3 rings (SSSR count). The number of rotatable bonds is 1. The van der Waals surface area contributed by atoms with Gasteiger partial charge < -0.3 is 0 Å². The second-order valence-electron chi connectivity index (χ2n) is 4.53. The number of nitrogens with zero attached hydrogens (tertiary/aromatic N) is 4. The zero-order valence-corrected chi connectivity index (χ0v) is 10.7. The van der Waals surface area contributed by atoms with E-state index in [0.29, 0.717) is 0 Å². The molecule has 0 atom stereocenters. The lowest BCUT2D eigenvalue weighted by atomic mass is 10.1. The van der Waals surface area contributed by atoms with Crippen LogP contribution in [0.5, 0.6) is 0 Å². The van der Waals surface area contributed by atoms with E-state index in [-0.39, 0.29) is 0 Å². The van der Waals surface area contributed by atoms with Gasteiger partial charge in [0.2, 0.25) is 0 Å². The summed E-state index contributed by atoms with van der Waals surface area (Å²) in [5, 5.41) is 8.48. The van der Waals surface area contributed by atoms with Crippen molar-refractivity contribution in [3.63, 3.8) is 0 Å². The molecule has 0 amide bonds. The molecule has 0 aliphatic carbocycles. The average Bonchev–Trinajstić information content (AvgIpc) is 2.74. The quantitative estimate of drug-likeness (QED) is 0.654. The number of hydrogen-bond donors (Lipinski definition) is 0. The van der Waals surface area contributed by atoms with E-state index in [1.807, 2.05) is 24.3 Å². The molecule has 0 unspecified atom stereocenters. The minimum Gasteiger partial charge on any atom is -0.263 e. The van der Waals surface area contributed by atoms with Crippen LogP contribution >= 0.6 is 0 Å². The molecule has 2 heterocycles. The molecule has 1 aromatic carbocycles. The molecule has 90 valence electrons. The van der Waals surface area contributed by atoms with Gasteiger partial charge in [0, 0.05) is 17.3 Å². The Morgan fingerprint density at radius 1 is 0.944 bits per heavy atom. The van der Waals surface area contributed by atoms with E-state index in [2.05, 4.69) is 46.4 Å². The van der Waals surface area contributed by atoms with Crippen LogP contribution in [0.2, 0.25) is 0 Å². The molecule has 0 radical (unpaired) electrons. The highest BCUT2D eigenvalue weighted by molar-refractivity contribution is 5.60. The van der Waals surface area contributed by atoms with Crippen molar-refractivity contribution in [3.05, 3.63) is 47.4 Å². The molecular weight excluding hydrogens is 224 g/mol. The molecule has 4 nitrogen and oxygen atoms in total. The summed E-state index contributed by atoms with van der Waals surface area (Å²) in [6, 6.07) is 10.2. The summed E-state index contributed by atoms with van der Waals surface area (Å²) in [4.78, 5) is 4.46. The minimum absolute atomic E-state index is 0.843. The van der Waals surface area contributed by atoms with Gasteiger partial charge in [-0.15, -0.1) is 10.2 Å². The van der Waals surface area contributed by atoms with Crippen molar-refractivity contribution in [2.45, 2.75) is 20.8 Å². The van der Waals surface area contributed by atoms with Gasteiger partial charge in [0.05, 0.1) is 0 Å². The Morgan fingerprint density at radius 3 is 2.39 bits per heavy atom. The number of hydrogen-bond acceptors (Lipinski definition) is 3. The maximum absolute atomic E-state index is 4.46. The molecule has 0 saturated carbocycles. The summed E-state index contributed by atoms with van der Waals surface area (Å²) >= 11 is 0. The van der Waals surface area contributed by atoms with E-state index in [4.69, 9.17) is 0 Å². The molecule has 0 bridgehead atoms. The Bertz CT molecular complexity index is 710. The van der Waals surface area contributed by atoms with Crippen molar-refractivity contribution in [1.29, 1.82) is 0 Å². The van der Waals surface area contributed by atoms with Crippen LogP contribution < -0.4 is 0 Å². The van der Waals surface area contributed by atoms with Gasteiger partial charge in [-0.3, -0.25) is 4.40 Å². The molecule has 0 fully saturated rings. The molecule has 3 aromatic rings. The summed E-state index contributed by atoms with van der Waals surface area (Å²) in [5.41, 5.74) is 4.10. The van der Waals surface area contributed by atoms with E-state index in [9.17, 15) is 0 Å². The smallest absolute Gasteiger partial charge is 0.169 e. The van der Waals surface area contributed by atoms with E-state index < -0.39 is 0 Å². The van der Waals surface area contributed by atoms with Gasteiger partial charge in [-0.2, -0.15) is 0 Å². The van der Waals surface area contributed by atoms with Crippen molar-refractivity contribution in [1.82, 2.24) is 19.6 Å². The third kappa shape index (κ3) is 1.66. The number of benzene rings is 1. The fraction of sp³-hybridized carbons (Fsp3) is 0.214. The van der Waals surface area contributed by atoms with Crippen molar-refractivity contribution < 1.29 is 0 Å². The van der Waals surface area contributed by atoms with Gasteiger partial charge >= 0.3 is 0 Å². The zero-order chi connectivity index (χ0) is 12.7. The van der Waals surface area contributed by atoms with Gasteiger partial charge in [-0.1, -0.05) is 29.8 Å². The molecule has 2 aromatic heterocycles. The third-order valence-corrected chi connectivity index (χ3v) is 3.00. The summed E-state index contributed by atoms with van der Waals surface area (Å²) in [6.07, 6.45) is 0. The first-order chi connectivity index (χ1) is 8.65. The van der Waals surface area contributed by atoms with Crippen LogP contribution in [-0.2, 0) is 0 Å². The molecule has 18 heavy (non-hydrogen) atoms. The first-order valence-electron chi connectivity index (χ1n) is 5.91. The van der Waals surface area contributed by atoms with Gasteiger partial charge in [0.15, 0.2) is 11.5 Å². The summed E-state index contributed by atoms with van der Waals surface area (Å²) in [6.45, 7) is 6.01. The van der Waals surface area contributed by atoms with Crippen LogP contribution in [0.15, 0.2) is 30.3 Å². The summed E-state index contributed by atoms with van der Waals surface area (Å²) in [5.74, 6) is 1.75. The van der Waals surface area contributed by atoms with Crippen molar-refractivity contribution >= 4 is 5.65 Å². The maximum Gasteiger partial charge on any atom is 0.169 e. The predicted octanol–water partition coefficient (Wildman–Crippen LogP) is 2.72.